The molecule has 0 aromatic heterocycles. The third-order valence-electron chi connectivity index (χ3n) is 6.03. The largest absolute Gasteiger partial charge is 0.507 e. The number of carbonyl (C=O) groups excluding carboxylic acids is 1. The average Bonchev–Trinajstić information content (AvgIpc) is 3.03. The first-order valence-electron chi connectivity index (χ1n) is 11.4. The minimum Gasteiger partial charge on any atom is -0.507 e. The Labute approximate surface area is 201 Å². The second-order valence-electron chi connectivity index (χ2n) is 11.2. The summed E-state index contributed by atoms with van der Waals surface area (Å²) in [7, 11) is 12.4. The fraction of sp³-hybridized carbons (Fsp3) is 0.321. The van der Waals surface area contributed by atoms with Crippen LogP contribution in [0.1, 0.15) is 38.2 Å². The number of ether oxygens (including phenoxy) is 1. The summed E-state index contributed by atoms with van der Waals surface area (Å²) >= 11 is 0. The predicted molar refractivity (Wildman–Crippen MR) is 131 cm³/mol. The molecule has 0 amide bonds. The normalized spacial score (nSPS) is 15.2. The maximum atomic E-state index is 13.1. The molecule has 6 heteroatoms. The first-order valence-corrected chi connectivity index (χ1v) is 11.4. The molecular weight excluding hydrogens is 428 g/mol. The van der Waals surface area contributed by atoms with Crippen LogP contribution in [0.4, 0.5) is 0 Å². The van der Waals surface area contributed by atoms with Gasteiger partial charge in [0.2, 0.25) is 0 Å². The first-order chi connectivity index (χ1) is 15.8. The van der Waals surface area contributed by atoms with Gasteiger partial charge in [-0.15, -0.1) is 0 Å². The van der Waals surface area contributed by atoms with Gasteiger partial charge >= 0.3 is 5.97 Å². The quantitative estimate of drug-likeness (QED) is 0.430. The molecule has 6 nitrogen and oxygen atoms in total. The Bertz CT molecular complexity index is 1190. The number of benzene rings is 3. The highest BCUT2D eigenvalue weighted by Crippen LogP contribution is 2.48. The molecule has 0 saturated carbocycles. The van der Waals surface area contributed by atoms with E-state index in [2.05, 4.69) is 42.3 Å². The number of hydrogen-bond donors (Lipinski definition) is 2. The van der Waals surface area contributed by atoms with Crippen LogP contribution in [0.15, 0.2) is 60.7 Å². The summed E-state index contributed by atoms with van der Waals surface area (Å²) in [6.07, 6.45) is 0. The van der Waals surface area contributed by atoms with Crippen LogP contribution in [0.5, 0.6) is 11.5 Å². The van der Waals surface area contributed by atoms with E-state index >= 15 is 0 Å². The Morgan fingerprint density at radius 3 is 1.68 bits per heavy atom. The summed E-state index contributed by atoms with van der Waals surface area (Å²) in [4.78, 5) is 13.1. The maximum absolute atomic E-state index is 13.1. The van der Waals surface area contributed by atoms with Crippen LogP contribution in [-0.4, -0.2) is 67.4 Å². The lowest BCUT2D eigenvalue weighted by Crippen LogP contribution is -2.34. The molecule has 0 fully saturated rings. The minimum atomic E-state index is -1.19. The van der Waals surface area contributed by atoms with E-state index in [0.717, 1.165) is 27.8 Å². The molecule has 0 aliphatic carbocycles. The van der Waals surface area contributed by atoms with Gasteiger partial charge in [0.25, 0.3) is 0 Å². The van der Waals surface area contributed by atoms with E-state index in [4.69, 9.17) is 4.74 Å². The van der Waals surface area contributed by atoms with Crippen molar-refractivity contribution in [3.8, 4) is 11.5 Å². The van der Waals surface area contributed by atoms with Gasteiger partial charge in [0, 0.05) is 27.8 Å². The molecule has 1 heterocycles. The van der Waals surface area contributed by atoms with E-state index in [1.807, 2.05) is 42.5 Å². The Balaban J connectivity index is 1.98. The van der Waals surface area contributed by atoms with Gasteiger partial charge in [-0.25, -0.2) is 4.79 Å². The summed E-state index contributed by atoms with van der Waals surface area (Å²) in [6, 6.07) is 18.3. The van der Waals surface area contributed by atoms with Gasteiger partial charge in [0.1, 0.15) is 24.6 Å². The van der Waals surface area contributed by atoms with Gasteiger partial charge < -0.3 is 23.9 Å². The zero-order valence-electron chi connectivity index (χ0n) is 20.8. The number of fused-ring (bicyclic) bond motifs is 1. The van der Waals surface area contributed by atoms with Gasteiger partial charge in [-0.05, 0) is 30.3 Å². The van der Waals surface area contributed by atoms with Gasteiger partial charge in [-0.3, -0.25) is 0 Å². The van der Waals surface area contributed by atoms with E-state index in [0.29, 0.717) is 27.6 Å². The van der Waals surface area contributed by atoms with Gasteiger partial charge in [0.15, 0.2) is 5.60 Å². The zero-order chi connectivity index (χ0) is 24.9. The molecule has 0 saturated heterocycles. The smallest absolute Gasteiger partial charge is 0.340 e. The van der Waals surface area contributed by atoms with Crippen molar-refractivity contribution in [1.82, 2.24) is 0 Å². The van der Waals surface area contributed by atoms with Crippen molar-refractivity contribution in [2.75, 3.05) is 42.3 Å². The predicted octanol–water partition coefficient (Wildman–Crippen LogP) is 3.97. The average molecular weight is 463 g/mol. The number of hydrogen-bond acceptors (Lipinski definition) is 4. The number of nitrogens with zero attached hydrogens (tertiary/aromatic N) is 2. The van der Waals surface area contributed by atoms with E-state index in [9.17, 15) is 15.0 Å². The maximum Gasteiger partial charge on any atom is 0.340 e. The Morgan fingerprint density at radius 2 is 1.21 bits per heavy atom. The number of cyclic esters (lactones) is 1. The van der Waals surface area contributed by atoms with Crippen LogP contribution >= 0.6 is 0 Å². The number of phenolic OH excluding ortho intramolecular Hbond substituents is 2. The molecule has 0 spiro atoms. The SMILES string of the molecule is C[N+](C)(C)Cc1cc(C2(c3ccc(O)c(C[N+](C)(C)C)c3)OC(=O)c3ccccc32)ccc1O. The molecule has 1 aliphatic rings. The van der Waals surface area contributed by atoms with Crippen LogP contribution in [0.3, 0.4) is 0 Å². The van der Waals surface area contributed by atoms with Crippen molar-refractivity contribution >= 4 is 5.97 Å². The molecule has 3 aromatic carbocycles. The summed E-state index contributed by atoms with van der Waals surface area (Å²) in [5.41, 5.74) is 3.15. The molecular formula is C28H34N2O4+2. The molecule has 0 unspecified atom stereocenters. The van der Waals surface area contributed by atoms with Gasteiger partial charge in [-0.1, -0.05) is 30.3 Å². The fourth-order valence-corrected chi connectivity index (χ4v) is 4.70. The molecule has 0 bridgehead atoms. The van der Waals surface area contributed by atoms with Crippen LogP contribution < -0.4 is 0 Å². The van der Waals surface area contributed by atoms with Crippen molar-refractivity contribution in [2.24, 2.45) is 0 Å². The fourth-order valence-electron chi connectivity index (χ4n) is 4.70. The summed E-state index contributed by atoms with van der Waals surface area (Å²) in [5, 5.41) is 21.2. The number of quaternary nitrogens is 2. The van der Waals surface area contributed by atoms with Crippen LogP contribution in [0.2, 0.25) is 0 Å². The van der Waals surface area contributed by atoms with E-state index in [1.165, 1.54) is 0 Å². The van der Waals surface area contributed by atoms with Crippen LogP contribution in [0.25, 0.3) is 0 Å². The molecule has 0 radical (unpaired) electrons. The highest BCUT2D eigenvalue weighted by Gasteiger charge is 2.49. The van der Waals surface area contributed by atoms with Crippen LogP contribution in [0, 0.1) is 0 Å². The molecule has 1 aliphatic heterocycles. The van der Waals surface area contributed by atoms with Crippen molar-refractivity contribution in [2.45, 2.75) is 18.7 Å². The molecule has 2 N–H and O–H groups in total. The monoisotopic (exact) mass is 462 g/mol. The minimum absolute atomic E-state index is 0.209. The highest BCUT2D eigenvalue weighted by atomic mass is 16.6. The number of aromatic hydroxyl groups is 2. The van der Waals surface area contributed by atoms with E-state index in [-0.39, 0.29) is 11.5 Å². The second kappa shape index (κ2) is 8.15. The lowest BCUT2D eigenvalue weighted by Gasteiger charge is -2.32. The summed E-state index contributed by atoms with van der Waals surface area (Å²) in [6.45, 7) is 1.21. The molecule has 3 aromatic rings. The Hall–Kier alpha value is -3.35. The molecule has 4 rings (SSSR count). The third-order valence-corrected chi connectivity index (χ3v) is 6.03. The number of phenols is 2. The number of esters is 1. The lowest BCUT2D eigenvalue weighted by atomic mass is 9.78. The lowest BCUT2D eigenvalue weighted by molar-refractivity contribution is -0.884. The Morgan fingerprint density at radius 1 is 0.735 bits per heavy atom. The number of rotatable bonds is 6. The Kier molecular flexibility index (Phi) is 5.70. The van der Waals surface area contributed by atoms with Crippen molar-refractivity contribution in [3.05, 3.63) is 94.0 Å². The number of carbonyl (C=O) groups is 1. The van der Waals surface area contributed by atoms with E-state index in [1.54, 1.807) is 18.2 Å². The van der Waals surface area contributed by atoms with Crippen LogP contribution in [-0.2, 0) is 23.4 Å². The van der Waals surface area contributed by atoms with E-state index < -0.39 is 11.6 Å². The molecule has 0 atom stereocenters. The van der Waals surface area contributed by atoms with Gasteiger partial charge in [-0.2, -0.15) is 0 Å². The third kappa shape index (κ3) is 4.39. The summed E-state index contributed by atoms with van der Waals surface area (Å²) < 4.78 is 7.49. The molecule has 34 heavy (non-hydrogen) atoms. The first kappa shape index (κ1) is 23.8. The summed E-state index contributed by atoms with van der Waals surface area (Å²) in [5.74, 6) is 0.0278. The highest BCUT2D eigenvalue weighted by molar-refractivity contribution is 5.96. The zero-order valence-corrected chi connectivity index (χ0v) is 20.8. The van der Waals surface area contributed by atoms with Crippen molar-refractivity contribution < 1.29 is 28.7 Å². The van der Waals surface area contributed by atoms with Crippen molar-refractivity contribution in [1.29, 1.82) is 0 Å². The van der Waals surface area contributed by atoms with Crippen molar-refractivity contribution in [3.63, 3.8) is 0 Å². The van der Waals surface area contributed by atoms with Gasteiger partial charge in [0.05, 0.1) is 47.8 Å². The second-order valence-corrected chi connectivity index (χ2v) is 11.2. The standard InChI is InChI=1S/C28H32N2O4/c1-29(2,3)17-19-15-21(11-13-25(19)31)28(24-10-8-7-9-23(24)27(33)34-28)22-12-14-26(32)20(16-22)18-30(4,5)6/h7-16H,17-18H2,1-6H3/p+2. The molecule has 178 valence electrons. The topological polar surface area (TPSA) is 66.8 Å².